The zero-order valence-electron chi connectivity index (χ0n) is 17.5. The van der Waals surface area contributed by atoms with Crippen molar-refractivity contribution < 1.29 is 28.6 Å². The molecule has 0 aliphatic carbocycles. The van der Waals surface area contributed by atoms with Crippen LogP contribution < -0.4 is 10.1 Å². The van der Waals surface area contributed by atoms with Crippen LogP contribution in [-0.2, 0) is 16.2 Å². The molecule has 11 heteroatoms. The number of benzene rings is 1. The summed E-state index contributed by atoms with van der Waals surface area (Å²) < 4.78 is 17.9. The van der Waals surface area contributed by atoms with Crippen LogP contribution in [0, 0.1) is 6.92 Å². The van der Waals surface area contributed by atoms with Gasteiger partial charge in [0.05, 0.1) is 19.3 Å². The number of anilines is 1. The number of carbonyl (C=O) groups excluding carboxylic acids is 3. The van der Waals surface area contributed by atoms with Gasteiger partial charge in [-0.3, -0.25) is 4.79 Å². The Kier molecular flexibility index (Phi) is 7.65. The zero-order valence-corrected chi connectivity index (χ0v) is 19.9. The van der Waals surface area contributed by atoms with Crippen molar-refractivity contribution in [2.75, 3.05) is 19.0 Å². The van der Waals surface area contributed by atoms with Crippen LogP contribution >= 0.6 is 27.3 Å². The van der Waals surface area contributed by atoms with Gasteiger partial charge in [0.15, 0.2) is 12.4 Å². The maximum absolute atomic E-state index is 12.7. The minimum atomic E-state index is -0.668. The normalized spacial score (nSPS) is 10.5. The van der Waals surface area contributed by atoms with Gasteiger partial charge in [0.2, 0.25) is 0 Å². The Labute approximate surface area is 196 Å². The molecule has 9 nitrogen and oxygen atoms in total. The van der Waals surface area contributed by atoms with Crippen molar-refractivity contribution in [3.8, 4) is 5.75 Å². The zero-order chi connectivity index (χ0) is 23.3. The van der Waals surface area contributed by atoms with Crippen molar-refractivity contribution in [2.24, 2.45) is 0 Å². The third-order valence-electron chi connectivity index (χ3n) is 4.27. The first kappa shape index (κ1) is 23.5. The summed E-state index contributed by atoms with van der Waals surface area (Å²) in [5.74, 6) is -1.14. The second-order valence-corrected chi connectivity index (χ2v) is 8.33. The molecule has 0 radical (unpaired) electrons. The lowest BCUT2D eigenvalue weighted by Crippen LogP contribution is -2.16. The van der Waals surface area contributed by atoms with Crippen molar-refractivity contribution in [3.63, 3.8) is 0 Å². The van der Waals surface area contributed by atoms with E-state index in [4.69, 9.17) is 14.2 Å². The average molecular weight is 522 g/mol. The Balaban J connectivity index is 1.75. The fraction of sp³-hybridized carbons (Fsp3) is 0.238. The summed E-state index contributed by atoms with van der Waals surface area (Å²) in [6.07, 6.45) is 1.60. The molecule has 1 amide bonds. The summed E-state index contributed by atoms with van der Waals surface area (Å²) >= 11 is 4.30. The summed E-state index contributed by atoms with van der Waals surface area (Å²) in [7, 11) is 1.22. The van der Waals surface area contributed by atoms with Crippen LogP contribution in [0.3, 0.4) is 0 Å². The predicted molar refractivity (Wildman–Crippen MR) is 121 cm³/mol. The first-order valence-corrected chi connectivity index (χ1v) is 11.1. The number of esters is 2. The molecule has 32 heavy (non-hydrogen) atoms. The van der Waals surface area contributed by atoms with Crippen LogP contribution in [0.2, 0.25) is 0 Å². The van der Waals surface area contributed by atoms with Gasteiger partial charge in [-0.1, -0.05) is 15.9 Å². The number of thiophene rings is 1. The van der Waals surface area contributed by atoms with Gasteiger partial charge in [0.1, 0.15) is 15.6 Å². The molecule has 0 unspecified atom stereocenters. The number of carbonyl (C=O) groups is 3. The number of ether oxygens (including phenoxy) is 3. The molecular weight excluding hydrogens is 502 g/mol. The van der Waals surface area contributed by atoms with Crippen LogP contribution in [0.15, 0.2) is 41.0 Å². The van der Waals surface area contributed by atoms with Crippen molar-refractivity contribution in [1.29, 1.82) is 0 Å². The molecule has 0 aliphatic heterocycles. The molecule has 0 bridgehead atoms. The SMILES string of the molecule is CCOC(=O)c1sc(NC(=O)c2ccn(COc3ccc(Br)cc3)n2)c(C(=O)OC)c1C. The van der Waals surface area contributed by atoms with Gasteiger partial charge in [-0.05, 0) is 49.7 Å². The third kappa shape index (κ3) is 5.35. The number of nitrogens with zero attached hydrogens (tertiary/aromatic N) is 2. The summed E-state index contributed by atoms with van der Waals surface area (Å²) in [5, 5.41) is 7.02. The highest BCUT2D eigenvalue weighted by Crippen LogP contribution is 2.34. The molecule has 0 spiro atoms. The van der Waals surface area contributed by atoms with Crippen LogP contribution in [0.5, 0.6) is 5.75 Å². The van der Waals surface area contributed by atoms with E-state index in [1.54, 1.807) is 32.2 Å². The van der Waals surface area contributed by atoms with Crippen molar-refractivity contribution in [2.45, 2.75) is 20.6 Å². The van der Waals surface area contributed by atoms with Gasteiger partial charge in [-0.2, -0.15) is 5.10 Å². The van der Waals surface area contributed by atoms with E-state index in [1.165, 1.54) is 17.9 Å². The Bertz CT molecular complexity index is 1140. The number of amides is 1. The van der Waals surface area contributed by atoms with E-state index >= 15 is 0 Å². The Morgan fingerprint density at radius 3 is 2.53 bits per heavy atom. The summed E-state index contributed by atoms with van der Waals surface area (Å²) in [5.41, 5.74) is 0.597. The summed E-state index contributed by atoms with van der Waals surface area (Å²) in [6, 6.07) is 8.82. The summed E-state index contributed by atoms with van der Waals surface area (Å²) in [4.78, 5) is 37.4. The van der Waals surface area contributed by atoms with E-state index in [2.05, 4.69) is 26.3 Å². The summed E-state index contributed by atoms with van der Waals surface area (Å²) in [6.45, 7) is 3.57. The molecular formula is C21H20BrN3O6S. The fourth-order valence-electron chi connectivity index (χ4n) is 2.73. The van der Waals surface area contributed by atoms with Gasteiger partial charge in [0, 0.05) is 10.7 Å². The topological polar surface area (TPSA) is 109 Å². The average Bonchev–Trinajstić information content (AvgIpc) is 3.38. The van der Waals surface area contributed by atoms with Crippen LogP contribution in [0.25, 0.3) is 0 Å². The monoisotopic (exact) mass is 521 g/mol. The van der Waals surface area contributed by atoms with Crippen LogP contribution in [0.1, 0.15) is 43.0 Å². The first-order chi connectivity index (χ1) is 15.3. The number of rotatable bonds is 8. The van der Waals surface area contributed by atoms with Gasteiger partial charge in [-0.25, -0.2) is 14.3 Å². The van der Waals surface area contributed by atoms with Gasteiger partial charge >= 0.3 is 11.9 Å². The molecule has 3 rings (SSSR count). The number of methoxy groups -OCH3 is 1. The molecule has 0 fully saturated rings. The lowest BCUT2D eigenvalue weighted by molar-refractivity contribution is 0.0531. The quantitative estimate of drug-likeness (QED) is 0.440. The predicted octanol–water partition coefficient (Wildman–Crippen LogP) is 4.27. The van der Waals surface area contributed by atoms with Gasteiger partial charge < -0.3 is 19.5 Å². The molecule has 2 aromatic heterocycles. The molecule has 0 saturated carbocycles. The Hall–Kier alpha value is -3.18. The molecule has 2 heterocycles. The van der Waals surface area contributed by atoms with Crippen molar-refractivity contribution in [1.82, 2.24) is 9.78 Å². The fourth-order valence-corrected chi connectivity index (χ4v) is 4.08. The van der Waals surface area contributed by atoms with Gasteiger partial charge in [-0.15, -0.1) is 11.3 Å². The van der Waals surface area contributed by atoms with E-state index in [1.807, 2.05) is 12.1 Å². The van der Waals surface area contributed by atoms with Crippen LogP contribution in [-0.4, -0.2) is 41.3 Å². The van der Waals surface area contributed by atoms with E-state index < -0.39 is 17.8 Å². The first-order valence-electron chi connectivity index (χ1n) is 9.46. The maximum atomic E-state index is 12.7. The van der Waals surface area contributed by atoms with Crippen molar-refractivity contribution in [3.05, 3.63) is 62.7 Å². The Morgan fingerprint density at radius 1 is 1.16 bits per heavy atom. The minimum Gasteiger partial charge on any atom is -0.471 e. The molecule has 0 aliphatic rings. The third-order valence-corrected chi connectivity index (χ3v) is 5.99. The smallest absolute Gasteiger partial charge is 0.348 e. The highest BCUT2D eigenvalue weighted by Gasteiger charge is 2.27. The maximum Gasteiger partial charge on any atom is 0.348 e. The van der Waals surface area contributed by atoms with E-state index in [9.17, 15) is 14.4 Å². The minimum absolute atomic E-state index is 0.104. The number of halogens is 1. The Morgan fingerprint density at radius 2 is 1.88 bits per heavy atom. The second-order valence-electron chi connectivity index (χ2n) is 6.39. The molecule has 0 saturated heterocycles. The lowest BCUT2D eigenvalue weighted by Gasteiger charge is -2.06. The molecule has 1 N–H and O–H groups in total. The number of hydrogen-bond acceptors (Lipinski definition) is 8. The lowest BCUT2D eigenvalue weighted by atomic mass is 10.1. The number of hydrogen-bond donors (Lipinski definition) is 1. The van der Waals surface area contributed by atoms with E-state index in [0.29, 0.717) is 11.3 Å². The number of nitrogens with one attached hydrogen (secondary N) is 1. The second kappa shape index (κ2) is 10.4. The standard InChI is InChI=1S/C21H20BrN3O6S/c1-4-30-21(28)17-12(2)16(20(27)29-3)19(32-17)23-18(26)15-9-10-25(24-15)11-31-14-7-5-13(22)6-8-14/h5-10H,4,11H2,1-3H3,(H,23,26). The highest BCUT2D eigenvalue weighted by molar-refractivity contribution is 9.10. The molecule has 168 valence electrons. The largest absolute Gasteiger partial charge is 0.471 e. The molecule has 0 atom stereocenters. The highest BCUT2D eigenvalue weighted by atomic mass is 79.9. The van der Waals surface area contributed by atoms with Crippen LogP contribution in [0.4, 0.5) is 5.00 Å². The van der Waals surface area contributed by atoms with Gasteiger partial charge in [0.25, 0.3) is 5.91 Å². The van der Waals surface area contributed by atoms with Crippen molar-refractivity contribution >= 4 is 50.1 Å². The van der Waals surface area contributed by atoms with E-state index in [0.717, 1.165) is 15.8 Å². The molecule has 1 aromatic carbocycles. The van der Waals surface area contributed by atoms with E-state index in [-0.39, 0.29) is 34.5 Å². The molecule has 3 aromatic rings. The number of aromatic nitrogens is 2.